The van der Waals surface area contributed by atoms with Gasteiger partial charge in [0.05, 0.1) is 5.52 Å². The number of allylic oxidation sites excluding steroid dienone is 1. The molecule has 24 heavy (non-hydrogen) atoms. The van der Waals surface area contributed by atoms with Crippen molar-refractivity contribution in [3.63, 3.8) is 0 Å². The number of nitrogens with zero attached hydrogens (tertiary/aromatic N) is 3. The van der Waals surface area contributed by atoms with Crippen molar-refractivity contribution in [1.82, 2.24) is 9.88 Å². The van der Waals surface area contributed by atoms with E-state index < -0.39 is 0 Å². The SMILES string of the molecule is NC(=CC1=NCCC12CCN(C=O)C2)c1cnc2ccccc2c1. The molecule has 4 rings (SSSR count). The van der Waals surface area contributed by atoms with E-state index in [-0.39, 0.29) is 5.41 Å². The molecule has 2 aromatic rings. The predicted molar refractivity (Wildman–Crippen MR) is 95.5 cm³/mol. The van der Waals surface area contributed by atoms with Gasteiger partial charge in [-0.05, 0) is 31.1 Å². The fourth-order valence-electron chi connectivity index (χ4n) is 3.75. The maximum Gasteiger partial charge on any atom is 0.209 e. The van der Waals surface area contributed by atoms with E-state index in [1.54, 1.807) is 0 Å². The maximum atomic E-state index is 11.1. The highest BCUT2D eigenvalue weighted by molar-refractivity contribution is 6.06. The van der Waals surface area contributed by atoms with Crippen molar-refractivity contribution >= 4 is 28.7 Å². The number of carbonyl (C=O) groups is 1. The summed E-state index contributed by atoms with van der Waals surface area (Å²) in [4.78, 5) is 22.0. The Balaban J connectivity index is 1.65. The molecular weight excluding hydrogens is 300 g/mol. The number of pyridine rings is 1. The predicted octanol–water partition coefficient (Wildman–Crippen LogP) is 2.23. The van der Waals surface area contributed by atoms with E-state index in [1.165, 1.54) is 0 Å². The summed E-state index contributed by atoms with van der Waals surface area (Å²) in [6.45, 7) is 2.35. The quantitative estimate of drug-likeness (QED) is 0.882. The van der Waals surface area contributed by atoms with Gasteiger partial charge in [0.2, 0.25) is 6.41 Å². The number of rotatable bonds is 3. The van der Waals surface area contributed by atoms with Gasteiger partial charge < -0.3 is 10.6 Å². The van der Waals surface area contributed by atoms with Crippen LogP contribution in [0.1, 0.15) is 18.4 Å². The summed E-state index contributed by atoms with van der Waals surface area (Å²) >= 11 is 0. The fourth-order valence-corrected chi connectivity index (χ4v) is 3.75. The Morgan fingerprint density at radius 2 is 2.17 bits per heavy atom. The third-order valence-corrected chi connectivity index (χ3v) is 5.16. The maximum absolute atomic E-state index is 11.1. The number of nitrogens with two attached hydrogens (primary N) is 1. The zero-order valence-corrected chi connectivity index (χ0v) is 13.5. The Morgan fingerprint density at radius 1 is 1.29 bits per heavy atom. The number of aliphatic imine (C=N–C) groups is 1. The number of hydrogen-bond donors (Lipinski definition) is 1. The molecule has 1 spiro atoms. The van der Waals surface area contributed by atoms with Gasteiger partial charge in [-0.25, -0.2) is 0 Å². The van der Waals surface area contributed by atoms with Crippen LogP contribution in [0, 0.1) is 5.41 Å². The standard InChI is InChI=1S/C19H20N4O/c20-16(15-9-14-3-1-2-4-17(14)22-11-15)10-18-19(5-7-21-18)6-8-23(12-19)13-24/h1-4,9-11,13H,5-8,12,20H2. The lowest BCUT2D eigenvalue weighted by molar-refractivity contribution is -0.117. The van der Waals surface area contributed by atoms with Crippen molar-refractivity contribution in [2.24, 2.45) is 16.1 Å². The highest BCUT2D eigenvalue weighted by atomic mass is 16.1. The van der Waals surface area contributed by atoms with Crippen LogP contribution in [-0.4, -0.2) is 41.6 Å². The number of hydrogen-bond acceptors (Lipinski definition) is 4. The number of amides is 1. The molecule has 1 atom stereocenters. The lowest BCUT2D eigenvalue weighted by atomic mass is 9.80. The Kier molecular flexibility index (Phi) is 3.56. The van der Waals surface area contributed by atoms with Crippen molar-refractivity contribution in [1.29, 1.82) is 0 Å². The summed E-state index contributed by atoms with van der Waals surface area (Å²) in [6, 6.07) is 10.1. The molecule has 0 bridgehead atoms. The average molecular weight is 320 g/mol. The van der Waals surface area contributed by atoms with Crippen molar-refractivity contribution in [2.75, 3.05) is 19.6 Å². The van der Waals surface area contributed by atoms with Crippen LogP contribution in [0.15, 0.2) is 47.6 Å². The number of carbonyl (C=O) groups excluding carboxylic acids is 1. The van der Waals surface area contributed by atoms with E-state index in [2.05, 4.69) is 16.0 Å². The van der Waals surface area contributed by atoms with E-state index in [0.717, 1.165) is 61.1 Å². The zero-order valence-electron chi connectivity index (χ0n) is 13.5. The molecule has 2 aliphatic heterocycles. The first-order chi connectivity index (χ1) is 11.7. The van der Waals surface area contributed by atoms with Gasteiger partial charge in [-0.15, -0.1) is 0 Å². The summed E-state index contributed by atoms with van der Waals surface area (Å²) in [6.07, 6.45) is 6.68. The second-order valence-electron chi connectivity index (χ2n) is 6.64. The van der Waals surface area contributed by atoms with Gasteiger partial charge in [-0.3, -0.25) is 14.8 Å². The minimum atomic E-state index is -0.0180. The molecular formula is C19H20N4O. The van der Waals surface area contributed by atoms with Gasteiger partial charge in [0.25, 0.3) is 0 Å². The molecule has 5 nitrogen and oxygen atoms in total. The number of fused-ring (bicyclic) bond motifs is 1. The summed E-state index contributed by atoms with van der Waals surface area (Å²) in [7, 11) is 0. The molecule has 1 unspecified atom stereocenters. The number of benzene rings is 1. The molecule has 1 aromatic carbocycles. The topological polar surface area (TPSA) is 71.6 Å². The number of aromatic nitrogens is 1. The smallest absolute Gasteiger partial charge is 0.209 e. The molecule has 1 amide bonds. The van der Waals surface area contributed by atoms with Crippen LogP contribution >= 0.6 is 0 Å². The number of likely N-dealkylation sites (tertiary alicyclic amines) is 1. The summed E-state index contributed by atoms with van der Waals surface area (Å²) in [5.74, 6) is 0. The molecule has 2 aliphatic rings. The molecule has 5 heteroatoms. The molecule has 1 saturated heterocycles. The van der Waals surface area contributed by atoms with Gasteiger partial charge in [0.1, 0.15) is 0 Å². The lowest BCUT2D eigenvalue weighted by Crippen LogP contribution is -2.31. The molecule has 3 heterocycles. The van der Waals surface area contributed by atoms with Crippen molar-refractivity contribution in [3.05, 3.63) is 48.2 Å². The van der Waals surface area contributed by atoms with E-state index in [0.29, 0.717) is 5.70 Å². The second kappa shape index (κ2) is 5.74. The number of para-hydroxylation sites is 1. The van der Waals surface area contributed by atoms with Crippen LogP contribution < -0.4 is 5.73 Å². The highest BCUT2D eigenvalue weighted by Crippen LogP contribution is 2.39. The second-order valence-corrected chi connectivity index (χ2v) is 6.64. The van der Waals surface area contributed by atoms with E-state index in [9.17, 15) is 4.79 Å². The normalized spacial score (nSPS) is 23.9. The molecule has 122 valence electrons. The van der Waals surface area contributed by atoms with Gasteiger partial charge in [0, 0.05) is 53.6 Å². The largest absolute Gasteiger partial charge is 0.398 e. The third-order valence-electron chi connectivity index (χ3n) is 5.16. The molecule has 1 fully saturated rings. The van der Waals surface area contributed by atoms with Gasteiger partial charge in [-0.2, -0.15) is 0 Å². The molecule has 0 radical (unpaired) electrons. The van der Waals surface area contributed by atoms with Crippen molar-refractivity contribution < 1.29 is 4.79 Å². The van der Waals surface area contributed by atoms with Crippen LogP contribution in [0.25, 0.3) is 16.6 Å². The van der Waals surface area contributed by atoms with Crippen molar-refractivity contribution in [2.45, 2.75) is 12.8 Å². The summed E-state index contributed by atoms with van der Waals surface area (Å²) in [5.41, 5.74) is 9.89. The Labute approximate surface area is 140 Å². The molecule has 2 N–H and O–H groups in total. The molecule has 1 aromatic heterocycles. The van der Waals surface area contributed by atoms with Crippen LogP contribution in [-0.2, 0) is 4.79 Å². The monoisotopic (exact) mass is 320 g/mol. The highest BCUT2D eigenvalue weighted by Gasteiger charge is 2.43. The van der Waals surface area contributed by atoms with Gasteiger partial charge >= 0.3 is 0 Å². The first kappa shape index (κ1) is 14.9. The van der Waals surface area contributed by atoms with Crippen LogP contribution in [0.4, 0.5) is 0 Å². The average Bonchev–Trinajstić information content (AvgIpc) is 3.22. The summed E-state index contributed by atoms with van der Waals surface area (Å²) < 4.78 is 0. The van der Waals surface area contributed by atoms with Gasteiger partial charge in [-0.1, -0.05) is 18.2 Å². The third kappa shape index (κ3) is 2.46. The minimum Gasteiger partial charge on any atom is -0.398 e. The van der Waals surface area contributed by atoms with E-state index in [4.69, 9.17) is 5.73 Å². The summed E-state index contributed by atoms with van der Waals surface area (Å²) in [5, 5.41) is 1.07. The first-order valence-electron chi connectivity index (χ1n) is 8.27. The minimum absolute atomic E-state index is 0.0180. The Hall–Kier alpha value is -2.69. The van der Waals surface area contributed by atoms with E-state index >= 15 is 0 Å². The fraction of sp³-hybridized carbons (Fsp3) is 0.316. The van der Waals surface area contributed by atoms with Gasteiger partial charge in [0.15, 0.2) is 0 Å². The lowest BCUT2D eigenvalue weighted by Gasteiger charge is -2.23. The first-order valence-corrected chi connectivity index (χ1v) is 8.27. The zero-order chi connectivity index (χ0) is 16.6. The molecule has 0 aliphatic carbocycles. The van der Waals surface area contributed by atoms with Crippen LogP contribution in [0.2, 0.25) is 0 Å². The Morgan fingerprint density at radius 3 is 3.00 bits per heavy atom. The van der Waals surface area contributed by atoms with Crippen LogP contribution in [0.3, 0.4) is 0 Å². The van der Waals surface area contributed by atoms with E-state index in [1.807, 2.05) is 41.4 Å². The van der Waals surface area contributed by atoms with Crippen LogP contribution in [0.5, 0.6) is 0 Å². The Bertz CT molecular complexity index is 857. The molecule has 0 saturated carbocycles. The van der Waals surface area contributed by atoms with Crippen molar-refractivity contribution in [3.8, 4) is 0 Å².